The van der Waals surface area contributed by atoms with Gasteiger partial charge >= 0.3 is 0 Å². The number of nitrogens with zero attached hydrogens (tertiary/aromatic N) is 5. The van der Waals surface area contributed by atoms with Gasteiger partial charge in [0.15, 0.2) is 5.96 Å². The number of hydrogen-bond acceptors (Lipinski definition) is 4. The maximum Gasteiger partial charge on any atom is 0.194 e. The third-order valence-electron chi connectivity index (χ3n) is 5.09. The number of ether oxygens (including phenoxy) is 1. The number of nitrogens with one attached hydrogen (secondary N) is 1. The topological polar surface area (TPSA) is 67.6 Å². The molecule has 0 saturated carbocycles. The van der Waals surface area contributed by atoms with Crippen LogP contribution in [0, 0.1) is 0 Å². The lowest BCUT2D eigenvalue weighted by molar-refractivity contribution is 0.414. The molecule has 0 spiro atoms. The van der Waals surface area contributed by atoms with Gasteiger partial charge in [0.25, 0.3) is 0 Å². The van der Waals surface area contributed by atoms with Gasteiger partial charge in [0, 0.05) is 39.6 Å². The van der Waals surface area contributed by atoms with E-state index in [2.05, 4.69) is 75.4 Å². The molecule has 7 heteroatoms. The summed E-state index contributed by atoms with van der Waals surface area (Å²) in [6.07, 6.45) is 3.57. The second-order valence-corrected chi connectivity index (χ2v) is 7.37. The molecule has 3 aromatic rings. The van der Waals surface area contributed by atoms with Gasteiger partial charge in [-0.15, -0.1) is 10.2 Å². The van der Waals surface area contributed by atoms with E-state index < -0.39 is 0 Å². The van der Waals surface area contributed by atoms with Crippen LogP contribution in [0.1, 0.15) is 23.9 Å². The van der Waals surface area contributed by atoms with Crippen molar-refractivity contribution in [1.82, 2.24) is 25.0 Å². The SMILES string of the molecule is CCc1nncn1CCNC(=NCCc1ccccc1)N(C)Cc1ccc(OC)cc1. The van der Waals surface area contributed by atoms with Crippen LogP contribution in [0.3, 0.4) is 0 Å². The average molecular weight is 421 g/mol. The quantitative estimate of drug-likeness (QED) is 0.403. The molecule has 0 atom stereocenters. The van der Waals surface area contributed by atoms with Crippen molar-refractivity contribution >= 4 is 5.96 Å². The molecule has 0 bridgehead atoms. The lowest BCUT2D eigenvalue weighted by atomic mass is 10.2. The molecule has 0 fully saturated rings. The third kappa shape index (κ3) is 6.84. The summed E-state index contributed by atoms with van der Waals surface area (Å²) in [4.78, 5) is 7.03. The predicted molar refractivity (Wildman–Crippen MR) is 124 cm³/mol. The van der Waals surface area contributed by atoms with Crippen LogP contribution in [0.4, 0.5) is 0 Å². The first-order chi connectivity index (χ1) is 15.2. The van der Waals surface area contributed by atoms with Gasteiger partial charge in [0.05, 0.1) is 7.11 Å². The van der Waals surface area contributed by atoms with Crippen molar-refractivity contribution in [1.29, 1.82) is 0 Å². The minimum atomic E-state index is 0.728. The maximum absolute atomic E-state index is 5.26. The van der Waals surface area contributed by atoms with E-state index in [0.717, 1.165) is 56.6 Å². The van der Waals surface area contributed by atoms with Crippen LogP contribution in [-0.2, 0) is 25.9 Å². The summed E-state index contributed by atoms with van der Waals surface area (Å²) in [5, 5.41) is 11.7. The molecule has 0 aliphatic rings. The van der Waals surface area contributed by atoms with Crippen molar-refractivity contribution in [3.63, 3.8) is 0 Å². The zero-order chi connectivity index (χ0) is 21.9. The third-order valence-corrected chi connectivity index (χ3v) is 5.09. The van der Waals surface area contributed by atoms with Gasteiger partial charge in [-0.2, -0.15) is 0 Å². The van der Waals surface area contributed by atoms with E-state index in [0.29, 0.717) is 0 Å². The smallest absolute Gasteiger partial charge is 0.194 e. The maximum atomic E-state index is 5.26. The van der Waals surface area contributed by atoms with Crippen molar-refractivity contribution in [2.45, 2.75) is 32.9 Å². The van der Waals surface area contributed by atoms with Crippen LogP contribution in [0.25, 0.3) is 0 Å². The molecular formula is C24H32N6O. The van der Waals surface area contributed by atoms with Crippen molar-refractivity contribution in [3.05, 3.63) is 77.9 Å². The Morgan fingerprint density at radius 2 is 1.87 bits per heavy atom. The van der Waals surface area contributed by atoms with E-state index >= 15 is 0 Å². The molecule has 0 amide bonds. The zero-order valence-electron chi connectivity index (χ0n) is 18.7. The molecule has 7 nitrogen and oxygen atoms in total. The van der Waals surface area contributed by atoms with Crippen LogP contribution in [-0.4, -0.2) is 52.9 Å². The zero-order valence-corrected chi connectivity index (χ0v) is 18.7. The lowest BCUT2D eigenvalue weighted by Crippen LogP contribution is -2.40. The molecule has 0 aliphatic heterocycles. The van der Waals surface area contributed by atoms with E-state index in [1.54, 1.807) is 13.4 Å². The van der Waals surface area contributed by atoms with Gasteiger partial charge in [-0.1, -0.05) is 49.4 Å². The molecule has 1 heterocycles. The molecule has 0 aliphatic carbocycles. The molecule has 31 heavy (non-hydrogen) atoms. The van der Waals surface area contributed by atoms with Gasteiger partial charge < -0.3 is 19.5 Å². The first kappa shape index (κ1) is 22.3. The predicted octanol–water partition coefficient (Wildman–Crippen LogP) is 3.17. The van der Waals surface area contributed by atoms with Crippen LogP contribution in [0.5, 0.6) is 5.75 Å². The van der Waals surface area contributed by atoms with Crippen LogP contribution < -0.4 is 10.1 Å². The Morgan fingerprint density at radius 1 is 1.10 bits per heavy atom. The number of benzene rings is 2. The number of aliphatic imine (C=N–C) groups is 1. The number of rotatable bonds is 10. The van der Waals surface area contributed by atoms with Gasteiger partial charge in [0.1, 0.15) is 17.9 Å². The van der Waals surface area contributed by atoms with E-state index in [4.69, 9.17) is 9.73 Å². The van der Waals surface area contributed by atoms with Crippen molar-refractivity contribution in [3.8, 4) is 5.75 Å². The second kappa shape index (κ2) is 11.7. The fourth-order valence-electron chi connectivity index (χ4n) is 3.35. The van der Waals surface area contributed by atoms with Crippen LogP contribution >= 0.6 is 0 Å². The van der Waals surface area contributed by atoms with E-state index in [9.17, 15) is 0 Å². The molecule has 164 valence electrons. The Kier molecular flexibility index (Phi) is 8.46. The molecule has 0 radical (unpaired) electrons. The Labute approximate surface area is 184 Å². The second-order valence-electron chi connectivity index (χ2n) is 7.37. The number of hydrogen-bond donors (Lipinski definition) is 1. The lowest BCUT2D eigenvalue weighted by Gasteiger charge is -2.23. The summed E-state index contributed by atoms with van der Waals surface area (Å²) >= 11 is 0. The fourth-order valence-corrected chi connectivity index (χ4v) is 3.35. The fraction of sp³-hybridized carbons (Fsp3) is 0.375. The summed E-state index contributed by atoms with van der Waals surface area (Å²) in [6, 6.07) is 18.6. The Morgan fingerprint density at radius 3 is 2.58 bits per heavy atom. The Hall–Kier alpha value is -3.35. The van der Waals surface area contributed by atoms with Gasteiger partial charge in [-0.25, -0.2) is 0 Å². The van der Waals surface area contributed by atoms with Gasteiger partial charge in [0.2, 0.25) is 0 Å². The Bertz CT molecular complexity index is 936. The molecule has 0 unspecified atom stereocenters. The van der Waals surface area contributed by atoms with Crippen molar-refractivity contribution < 1.29 is 4.74 Å². The Balaban J connectivity index is 1.63. The average Bonchev–Trinajstić information content (AvgIpc) is 3.26. The standard InChI is InChI=1S/C24H32N6O/c1-4-23-28-27-19-30(23)17-16-26-24(25-15-14-20-8-6-5-7-9-20)29(2)18-21-10-12-22(31-3)13-11-21/h5-13,19H,4,14-18H2,1-3H3,(H,25,26). The normalized spacial score (nSPS) is 11.4. The number of aromatic nitrogens is 3. The monoisotopic (exact) mass is 420 g/mol. The first-order valence-corrected chi connectivity index (χ1v) is 10.7. The highest BCUT2D eigenvalue weighted by atomic mass is 16.5. The molecule has 0 saturated heterocycles. The molecular weight excluding hydrogens is 388 g/mol. The summed E-state index contributed by atoms with van der Waals surface area (Å²) < 4.78 is 7.34. The minimum Gasteiger partial charge on any atom is -0.497 e. The molecule has 3 rings (SSSR count). The van der Waals surface area contributed by atoms with E-state index in [1.807, 2.05) is 18.2 Å². The highest BCUT2D eigenvalue weighted by Gasteiger charge is 2.09. The largest absolute Gasteiger partial charge is 0.497 e. The minimum absolute atomic E-state index is 0.728. The summed E-state index contributed by atoms with van der Waals surface area (Å²) in [6.45, 7) is 5.12. The van der Waals surface area contributed by atoms with E-state index in [-0.39, 0.29) is 0 Å². The van der Waals surface area contributed by atoms with Crippen LogP contribution in [0.15, 0.2) is 65.9 Å². The summed E-state index contributed by atoms with van der Waals surface area (Å²) in [5.41, 5.74) is 2.49. The van der Waals surface area contributed by atoms with Crippen LogP contribution in [0.2, 0.25) is 0 Å². The van der Waals surface area contributed by atoms with Gasteiger partial charge in [-0.05, 0) is 29.7 Å². The molecule has 1 aromatic heterocycles. The molecule has 1 N–H and O–H groups in total. The number of methoxy groups -OCH3 is 1. The van der Waals surface area contributed by atoms with Crippen molar-refractivity contribution in [2.24, 2.45) is 4.99 Å². The highest BCUT2D eigenvalue weighted by molar-refractivity contribution is 5.79. The molecule has 2 aromatic carbocycles. The highest BCUT2D eigenvalue weighted by Crippen LogP contribution is 2.12. The first-order valence-electron chi connectivity index (χ1n) is 10.7. The number of aryl methyl sites for hydroxylation is 1. The van der Waals surface area contributed by atoms with E-state index in [1.165, 1.54) is 11.1 Å². The van der Waals surface area contributed by atoms with Gasteiger partial charge in [-0.3, -0.25) is 4.99 Å². The van der Waals surface area contributed by atoms with Crippen molar-refractivity contribution in [2.75, 3.05) is 27.2 Å². The summed E-state index contributed by atoms with van der Waals surface area (Å²) in [7, 11) is 3.75. The number of guanidine groups is 1. The summed E-state index contributed by atoms with van der Waals surface area (Å²) in [5.74, 6) is 2.75.